The van der Waals surface area contributed by atoms with Crippen LogP contribution in [0.25, 0.3) is 0 Å². The second kappa shape index (κ2) is 7.65. The molecule has 0 aromatic rings. The van der Waals surface area contributed by atoms with Crippen molar-refractivity contribution in [2.45, 2.75) is 44.5 Å². The summed E-state index contributed by atoms with van der Waals surface area (Å²) >= 11 is 3.26. The molecule has 0 aliphatic heterocycles. The molecular weight excluding hydrogens is 272 g/mol. The number of hydrogen-bond donors (Lipinski definition) is 2. The molecule has 0 saturated heterocycles. The highest BCUT2D eigenvalue weighted by Crippen LogP contribution is 2.08. The molecule has 4 nitrogen and oxygen atoms in total. The summed E-state index contributed by atoms with van der Waals surface area (Å²) in [5.41, 5.74) is 0. The molecule has 0 heterocycles. The van der Waals surface area contributed by atoms with Crippen LogP contribution in [0.4, 0.5) is 0 Å². The van der Waals surface area contributed by atoms with Crippen molar-refractivity contribution in [3.8, 4) is 0 Å². The molecular formula is C11H21BrN2O2. The molecule has 0 fully saturated rings. The van der Waals surface area contributed by atoms with Gasteiger partial charge in [-0.15, -0.1) is 0 Å². The highest BCUT2D eigenvalue weighted by atomic mass is 79.9. The summed E-state index contributed by atoms with van der Waals surface area (Å²) in [5.74, 6) is 0.0904. The number of nitrogens with one attached hydrogen (secondary N) is 2. The molecule has 0 aromatic carbocycles. The summed E-state index contributed by atoms with van der Waals surface area (Å²) in [6, 6.07) is -0.441. The van der Waals surface area contributed by atoms with Gasteiger partial charge in [0.15, 0.2) is 0 Å². The van der Waals surface area contributed by atoms with Gasteiger partial charge in [0.2, 0.25) is 11.8 Å². The van der Waals surface area contributed by atoms with Gasteiger partial charge >= 0.3 is 0 Å². The summed E-state index contributed by atoms with van der Waals surface area (Å²) in [6.07, 6.45) is 1.35. The molecule has 0 bridgehead atoms. The number of alkyl halides is 1. The standard InChI is InChI=1S/C11H21BrN2O2/c1-5-8(12)10(15)14-9(6-7(2)3)11(16)13-4/h7-9H,5-6H2,1-4H3,(H,13,16)(H,14,15). The van der Waals surface area contributed by atoms with E-state index < -0.39 is 6.04 Å². The van der Waals surface area contributed by atoms with E-state index in [9.17, 15) is 9.59 Å². The Morgan fingerprint density at radius 1 is 1.25 bits per heavy atom. The lowest BCUT2D eigenvalue weighted by molar-refractivity contribution is -0.128. The Bertz CT molecular complexity index is 244. The van der Waals surface area contributed by atoms with E-state index in [1.54, 1.807) is 7.05 Å². The minimum absolute atomic E-state index is 0.128. The van der Waals surface area contributed by atoms with Crippen molar-refractivity contribution >= 4 is 27.7 Å². The first-order valence-electron chi connectivity index (χ1n) is 5.58. The number of carbonyl (C=O) groups is 2. The molecule has 0 aliphatic rings. The van der Waals surface area contributed by atoms with Crippen molar-refractivity contribution in [1.29, 1.82) is 0 Å². The van der Waals surface area contributed by atoms with Gasteiger partial charge in [-0.1, -0.05) is 36.7 Å². The topological polar surface area (TPSA) is 58.2 Å². The SMILES string of the molecule is CCC(Br)C(=O)NC(CC(C)C)C(=O)NC. The van der Waals surface area contributed by atoms with Crippen molar-refractivity contribution in [2.24, 2.45) is 5.92 Å². The largest absolute Gasteiger partial charge is 0.357 e. The first-order chi connectivity index (χ1) is 7.42. The second-order valence-electron chi connectivity index (χ2n) is 4.18. The average molecular weight is 293 g/mol. The summed E-state index contributed by atoms with van der Waals surface area (Å²) in [5, 5.41) is 5.32. The van der Waals surface area contributed by atoms with Gasteiger partial charge in [0.1, 0.15) is 6.04 Å². The lowest BCUT2D eigenvalue weighted by atomic mass is 10.0. The van der Waals surface area contributed by atoms with Crippen LogP contribution in [0.1, 0.15) is 33.6 Å². The van der Waals surface area contributed by atoms with Crippen LogP contribution < -0.4 is 10.6 Å². The predicted molar refractivity (Wildman–Crippen MR) is 68.5 cm³/mol. The molecule has 2 atom stereocenters. The van der Waals surface area contributed by atoms with E-state index in [4.69, 9.17) is 0 Å². The summed E-state index contributed by atoms with van der Waals surface area (Å²) in [4.78, 5) is 23.0. The Hall–Kier alpha value is -0.580. The van der Waals surface area contributed by atoms with Crippen LogP contribution in [-0.4, -0.2) is 29.7 Å². The average Bonchev–Trinajstić information content (AvgIpc) is 2.25. The minimum atomic E-state index is -0.441. The number of halogens is 1. The van der Waals surface area contributed by atoms with E-state index in [-0.39, 0.29) is 16.6 Å². The van der Waals surface area contributed by atoms with E-state index >= 15 is 0 Å². The molecule has 0 radical (unpaired) electrons. The van der Waals surface area contributed by atoms with Gasteiger partial charge in [-0.25, -0.2) is 0 Å². The van der Waals surface area contributed by atoms with Gasteiger partial charge in [-0.05, 0) is 18.8 Å². The van der Waals surface area contributed by atoms with Crippen LogP contribution >= 0.6 is 15.9 Å². The zero-order valence-electron chi connectivity index (χ0n) is 10.3. The Balaban J connectivity index is 4.42. The van der Waals surface area contributed by atoms with Crippen molar-refractivity contribution in [1.82, 2.24) is 10.6 Å². The van der Waals surface area contributed by atoms with Crippen molar-refractivity contribution < 1.29 is 9.59 Å². The molecule has 0 rings (SSSR count). The molecule has 2 amide bonds. The van der Waals surface area contributed by atoms with Gasteiger partial charge in [0, 0.05) is 7.05 Å². The van der Waals surface area contributed by atoms with E-state index in [1.807, 2.05) is 20.8 Å². The second-order valence-corrected chi connectivity index (χ2v) is 5.29. The Labute approximate surface area is 106 Å². The van der Waals surface area contributed by atoms with Gasteiger partial charge in [-0.3, -0.25) is 9.59 Å². The van der Waals surface area contributed by atoms with Crippen LogP contribution in [0.5, 0.6) is 0 Å². The summed E-state index contributed by atoms with van der Waals surface area (Å²) < 4.78 is 0. The minimum Gasteiger partial charge on any atom is -0.357 e. The highest BCUT2D eigenvalue weighted by Gasteiger charge is 2.23. The quantitative estimate of drug-likeness (QED) is 0.728. The lowest BCUT2D eigenvalue weighted by Crippen LogP contribution is -2.48. The predicted octanol–water partition coefficient (Wildman–Crippen LogP) is 1.44. The number of rotatable bonds is 6. The third kappa shape index (κ3) is 5.49. The van der Waals surface area contributed by atoms with E-state index in [0.29, 0.717) is 18.8 Å². The zero-order chi connectivity index (χ0) is 12.7. The molecule has 16 heavy (non-hydrogen) atoms. The molecule has 94 valence electrons. The van der Waals surface area contributed by atoms with Gasteiger partial charge in [0.05, 0.1) is 4.83 Å². The normalized spacial score (nSPS) is 14.4. The Morgan fingerprint density at radius 3 is 2.19 bits per heavy atom. The summed E-state index contributed by atoms with van der Waals surface area (Å²) in [6.45, 7) is 5.96. The Morgan fingerprint density at radius 2 is 1.81 bits per heavy atom. The van der Waals surface area contributed by atoms with Crippen LogP contribution in [0.2, 0.25) is 0 Å². The maximum Gasteiger partial charge on any atom is 0.242 e. The van der Waals surface area contributed by atoms with E-state index in [2.05, 4.69) is 26.6 Å². The fourth-order valence-corrected chi connectivity index (χ4v) is 1.46. The van der Waals surface area contributed by atoms with Crippen molar-refractivity contribution in [2.75, 3.05) is 7.05 Å². The fraction of sp³-hybridized carbons (Fsp3) is 0.818. The molecule has 0 saturated carbocycles. The fourth-order valence-electron chi connectivity index (χ4n) is 1.32. The van der Waals surface area contributed by atoms with E-state index in [0.717, 1.165) is 0 Å². The number of likely N-dealkylation sites (N-methyl/N-ethyl adjacent to an activating group) is 1. The van der Waals surface area contributed by atoms with Gasteiger partial charge in [-0.2, -0.15) is 0 Å². The van der Waals surface area contributed by atoms with Crippen molar-refractivity contribution in [3.63, 3.8) is 0 Å². The van der Waals surface area contributed by atoms with Gasteiger partial charge < -0.3 is 10.6 Å². The third-order valence-electron chi connectivity index (χ3n) is 2.23. The molecule has 5 heteroatoms. The zero-order valence-corrected chi connectivity index (χ0v) is 11.9. The highest BCUT2D eigenvalue weighted by molar-refractivity contribution is 9.10. The Kier molecular flexibility index (Phi) is 7.38. The van der Waals surface area contributed by atoms with Crippen LogP contribution in [0.3, 0.4) is 0 Å². The maximum absolute atomic E-state index is 11.6. The monoisotopic (exact) mass is 292 g/mol. The van der Waals surface area contributed by atoms with Crippen LogP contribution in [-0.2, 0) is 9.59 Å². The molecule has 2 unspecified atom stereocenters. The summed E-state index contributed by atoms with van der Waals surface area (Å²) in [7, 11) is 1.58. The molecule has 0 spiro atoms. The molecule has 0 aromatic heterocycles. The maximum atomic E-state index is 11.6. The first-order valence-corrected chi connectivity index (χ1v) is 6.49. The number of carbonyl (C=O) groups excluding carboxylic acids is 2. The molecule has 0 aliphatic carbocycles. The number of amides is 2. The smallest absolute Gasteiger partial charge is 0.242 e. The van der Waals surface area contributed by atoms with Crippen molar-refractivity contribution in [3.05, 3.63) is 0 Å². The van der Waals surface area contributed by atoms with E-state index in [1.165, 1.54) is 0 Å². The van der Waals surface area contributed by atoms with Crippen LogP contribution in [0.15, 0.2) is 0 Å². The van der Waals surface area contributed by atoms with Gasteiger partial charge in [0.25, 0.3) is 0 Å². The van der Waals surface area contributed by atoms with Crippen LogP contribution in [0, 0.1) is 5.92 Å². The molecule has 2 N–H and O–H groups in total. The number of hydrogen-bond acceptors (Lipinski definition) is 2. The third-order valence-corrected chi connectivity index (χ3v) is 3.29. The lowest BCUT2D eigenvalue weighted by Gasteiger charge is -2.20. The first kappa shape index (κ1) is 15.4.